The van der Waals surface area contributed by atoms with Gasteiger partial charge in [0.15, 0.2) is 5.13 Å². The molecule has 0 saturated heterocycles. The van der Waals surface area contributed by atoms with E-state index in [0.717, 1.165) is 41.0 Å². The van der Waals surface area contributed by atoms with Crippen LogP contribution >= 0.6 is 11.3 Å². The van der Waals surface area contributed by atoms with Crippen molar-refractivity contribution in [2.45, 2.75) is 26.2 Å². The molecule has 1 aliphatic rings. The summed E-state index contributed by atoms with van der Waals surface area (Å²) >= 11 is 1.60. The lowest BCUT2D eigenvalue weighted by Gasteiger charge is -2.11. The molecule has 5 heteroatoms. The Labute approximate surface area is 116 Å². The number of anilines is 1. The molecule has 2 aromatic heterocycles. The number of aliphatic imine (C=N–C) groups is 1. The Balaban J connectivity index is 1.77. The Morgan fingerprint density at radius 2 is 2.11 bits per heavy atom. The monoisotopic (exact) mass is 272 g/mol. The third-order valence-electron chi connectivity index (χ3n) is 3.03. The van der Waals surface area contributed by atoms with Gasteiger partial charge in [-0.05, 0) is 31.9 Å². The quantitative estimate of drug-likeness (QED) is 0.910. The Morgan fingerprint density at radius 1 is 1.16 bits per heavy atom. The summed E-state index contributed by atoms with van der Waals surface area (Å²) in [4.78, 5) is 13.5. The summed E-state index contributed by atoms with van der Waals surface area (Å²) in [6.45, 7) is 2.92. The van der Waals surface area contributed by atoms with Crippen molar-refractivity contribution in [3.05, 3.63) is 29.3 Å². The van der Waals surface area contributed by atoms with E-state index in [9.17, 15) is 0 Å². The highest BCUT2D eigenvalue weighted by atomic mass is 32.1. The first-order valence-corrected chi connectivity index (χ1v) is 7.39. The number of hydrogen-bond acceptors (Lipinski definition) is 5. The van der Waals surface area contributed by atoms with Crippen molar-refractivity contribution in [1.82, 2.24) is 9.97 Å². The average molecular weight is 272 g/mol. The van der Waals surface area contributed by atoms with Crippen LogP contribution in [0.1, 0.15) is 25.0 Å². The van der Waals surface area contributed by atoms with Crippen LogP contribution in [0.4, 0.5) is 5.13 Å². The van der Waals surface area contributed by atoms with Gasteiger partial charge in [-0.25, -0.2) is 4.98 Å². The van der Waals surface area contributed by atoms with E-state index in [4.69, 9.17) is 0 Å². The lowest BCUT2D eigenvalue weighted by molar-refractivity contribution is 0.737. The number of aryl methyl sites for hydroxylation is 1. The molecule has 0 unspecified atom stereocenters. The SMILES string of the molecule is Cc1cccc(-c2csc(NC3=NCCCC3)n2)n1. The largest absolute Gasteiger partial charge is 0.320 e. The van der Waals surface area contributed by atoms with Crippen LogP contribution < -0.4 is 5.32 Å². The molecule has 19 heavy (non-hydrogen) atoms. The summed E-state index contributed by atoms with van der Waals surface area (Å²) in [7, 11) is 0. The summed E-state index contributed by atoms with van der Waals surface area (Å²) < 4.78 is 0. The minimum atomic E-state index is 0.902. The summed E-state index contributed by atoms with van der Waals surface area (Å²) in [6.07, 6.45) is 3.43. The summed E-state index contributed by atoms with van der Waals surface area (Å²) in [5, 5.41) is 6.25. The molecule has 98 valence electrons. The fraction of sp³-hybridized carbons (Fsp3) is 0.357. The minimum Gasteiger partial charge on any atom is -0.320 e. The maximum atomic E-state index is 4.58. The van der Waals surface area contributed by atoms with Gasteiger partial charge in [0.2, 0.25) is 0 Å². The molecule has 0 saturated carbocycles. The van der Waals surface area contributed by atoms with E-state index in [1.807, 2.05) is 30.5 Å². The van der Waals surface area contributed by atoms with Crippen LogP contribution in [-0.4, -0.2) is 22.3 Å². The first-order chi connectivity index (χ1) is 9.31. The smallest absolute Gasteiger partial charge is 0.188 e. The predicted molar refractivity (Wildman–Crippen MR) is 79.9 cm³/mol. The molecule has 0 fully saturated rings. The highest BCUT2D eigenvalue weighted by Gasteiger charge is 2.09. The lowest BCUT2D eigenvalue weighted by Crippen LogP contribution is -2.15. The number of nitrogens with zero attached hydrogens (tertiary/aromatic N) is 3. The highest BCUT2D eigenvalue weighted by Crippen LogP contribution is 2.24. The second-order valence-electron chi connectivity index (χ2n) is 4.61. The third kappa shape index (κ3) is 2.98. The fourth-order valence-electron chi connectivity index (χ4n) is 2.06. The van der Waals surface area contributed by atoms with Gasteiger partial charge in [-0.3, -0.25) is 9.98 Å². The summed E-state index contributed by atoms with van der Waals surface area (Å²) in [5.41, 5.74) is 2.86. The molecule has 0 atom stereocenters. The number of pyridine rings is 1. The van der Waals surface area contributed by atoms with Gasteiger partial charge >= 0.3 is 0 Å². The molecule has 0 spiro atoms. The Bertz CT molecular complexity index is 603. The molecule has 1 N–H and O–H groups in total. The molecular formula is C14H16N4S. The first kappa shape index (κ1) is 12.3. The highest BCUT2D eigenvalue weighted by molar-refractivity contribution is 7.14. The fourth-order valence-corrected chi connectivity index (χ4v) is 2.78. The second-order valence-corrected chi connectivity index (χ2v) is 5.47. The predicted octanol–water partition coefficient (Wildman–Crippen LogP) is 3.51. The minimum absolute atomic E-state index is 0.902. The van der Waals surface area contributed by atoms with E-state index in [-0.39, 0.29) is 0 Å². The van der Waals surface area contributed by atoms with Crippen molar-refractivity contribution in [2.24, 2.45) is 4.99 Å². The molecule has 3 heterocycles. The summed E-state index contributed by atoms with van der Waals surface area (Å²) in [6, 6.07) is 5.99. The molecule has 0 amide bonds. The Kier molecular flexibility index (Phi) is 3.55. The van der Waals surface area contributed by atoms with Gasteiger partial charge in [0.05, 0.1) is 5.69 Å². The standard InChI is InChI=1S/C14H16N4S/c1-10-5-4-6-11(16-10)12-9-19-14(17-12)18-13-7-2-3-8-15-13/h4-6,9H,2-3,7-8H2,1H3,(H,15,17,18). The van der Waals surface area contributed by atoms with Gasteiger partial charge in [0.1, 0.15) is 11.5 Å². The van der Waals surface area contributed by atoms with Crippen molar-refractivity contribution < 1.29 is 0 Å². The van der Waals surface area contributed by atoms with E-state index in [2.05, 4.69) is 20.3 Å². The third-order valence-corrected chi connectivity index (χ3v) is 3.79. The molecule has 0 aromatic carbocycles. The molecule has 4 nitrogen and oxygen atoms in total. The van der Waals surface area contributed by atoms with Gasteiger partial charge in [-0.1, -0.05) is 6.07 Å². The van der Waals surface area contributed by atoms with E-state index >= 15 is 0 Å². The number of nitrogens with one attached hydrogen (secondary N) is 1. The van der Waals surface area contributed by atoms with Crippen molar-refractivity contribution in [3.8, 4) is 11.4 Å². The van der Waals surface area contributed by atoms with Crippen LogP contribution in [0.2, 0.25) is 0 Å². The van der Waals surface area contributed by atoms with Gasteiger partial charge in [0.25, 0.3) is 0 Å². The van der Waals surface area contributed by atoms with Crippen LogP contribution in [0.3, 0.4) is 0 Å². The Hall–Kier alpha value is -1.75. The van der Waals surface area contributed by atoms with Crippen LogP contribution in [0.15, 0.2) is 28.6 Å². The normalized spacial score (nSPS) is 15.1. The second kappa shape index (κ2) is 5.48. The van der Waals surface area contributed by atoms with Gasteiger partial charge in [0, 0.05) is 24.0 Å². The van der Waals surface area contributed by atoms with Crippen LogP contribution in [0.25, 0.3) is 11.4 Å². The van der Waals surface area contributed by atoms with Crippen LogP contribution in [-0.2, 0) is 0 Å². The van der Waals surface area contributed by atoms with Gasteiger partial charge in [-0.2, -0.15) is 0 Å². The number of rotatable bonds is 2. The summed E-state index contributed by atoms with van der Waals surface area (Å²) in [5.74, 6) is 1.06. The molecular weight excluding hydrogens is 256 g/mol. The van der Waals surface area contributed by atoms with E-state index in [1.165, 1.54) is 12.8 Å². The number of hydrogen-bond donors (Lipinski definition) is 1. The van der Waals surface area contributed by atoms with Crippen molar-refractivity contribution in [1.29, 1.82) is 0 Å². The number of amidine groups is 1. The van der Waals surface area contributed by atoms with Crippen molar-refractivity contribution in [2.75, 3.05) is 11.9 Å². The van der Waals surface area contributed by atoms with Crippen molar-refractivity contribution in [3.63, 3.8) is 0 Å². The van der Waals surface area contributed by atoms with Crippen LogP contribution in [0, 0.1) is 6.92 Å². The van der Waals surface area contributed by atoms with E-state index < -0.39 is 0 Å². The molecule has 3 rings (SSSR count). The molecule has 1 aliphatic heterocycles. The van der Waals surface area contributed by atoms with Crippen LogP contribution in [0.5, 0.6) is 0 Å². The number of aromatic nitrogens is 2. The van der Waals surface area contributed by atoms with Crippen molar-refractivity contribution >= 4 is 22.3 Å². The van der Waals surface area contributed by atoms with Gasteiger partial charge in [-0.15, -0.1) is 11.3 Å². The zero-order chi connectivity index (χ0) is 13.1. The molecule has 0 aliphatic carbocycles. The lowest BCUT2D eigenvalue weighted by atomic mass is 10.2. The molecule has 0 bridgehead atoms. The van der Waals surface area contributed by atoms with E-state index in [1.54, 1.807) is 11.3 Å². The molecule has 0 radical (unpaired) electrons. The maximum absolute atomic E-state index is 4.58. The molecule has 2 aromatic rings. The topological polar surface area (TPSA) is 50.2 Å². The zero-order valence-electron chi connectivity index (χ0n) is 10.9. The van der Waals surface area contributed by atoms with Gasteiger partial charge < -0.3 is 5.32 Å². The zero-order valence-corrected chi connectivity index (χ0v) is 11.7. The first-order valence-electron chi connectivity index (χ1n) is 6.51. The van der Waals surface area contributed by atoms with E-state index in [0.29, 0.717) is 0 Å². The Morgan fingerprint density at radius 3 is 2.89 bits per heavy atom. The number of thiazole rings is 1. The maximum Gasteiger partial charge on any atom is 0.188 e. The average Bonchev–Trinajstić information content (AvgIpc) is 2.88.